The second-order valence-corrected chi connectivity index (χ2v) is 5.06. The fourth-order valence-electron chi connectivity index (χ4n) is 1.65. The summed E-state index contributed by atoms with van der Waals surface area (Å²) in [6.07, 6.45) is 0. The molecule has 0 saturated carbocycles. The lowest BCUT2D eigenvalue weighted by Gasteiger charge is -2.08. The van der Waals surface area contributed by atoms with Gasteiger partial charge in [-0.1, -0.05) is 53.5 Å². The first-order chi connectivity index (χ1) is 9.65. The van der Waals surface area contributed by atoms with Gasteiger partial charge in [-0.3, -0.25) is 4.79 Å². The standard InChI is InChI=1S/C15H14Cl2N2O/c16-13-7-6-12(8-14(13)17)18-10-15(20)19-9-11-4-2-1-3-5-11/h1-8,18H,9-10H2,(H,19,20). The second kappa shape index (κ2) is 7.17. The van der Waals surface area contributed by atoms with Gasteiger partial charge in [0.1, 0.15) is 0 Å². The Kier molecular flexibility index (Phi) is 5.27. The van der Waals surface area contributed by atoms with Crippen LogP contribution in [-0.2, 0) is 11.3 Å². The van der Waals surface area contributed by atoms with E-state index in [1.54, 1.807) is 18.2 Å². The Hall–Kier alpha value is -1.71. The Morgan fingerprint density at radius 1 is 1.00 bits per heavy atom. The molecule has 1 amide bonds. The van der Waals surface area contributed by atoms with Crippen LogP contribution in [0.5, 0.6) is 0 Å². The molecule has 20 heavy (non-hydrogen) atoms. The van der Waals surface area contributed by atoms with Crippen LogP contribution in [0.1, 0.15) is 5.56 Å². The summed E-state index contributed by atoms with van der Waals surface area (Å²) in [5.41, 5.74) is 1.82. The lowest BCUT2D eigenvalue weighted by Crippen LogP contribution is -2.29. The van der Waals surface area contributed by atoms with Crippen LogP contribution in [0.2, 0.25) is 10.0 Å². The Labute approximate surface area is 127 Å². The minimum Gasteiger partial charge on any atom is -0.376 e. The predicted molar refractivity (Wildman–Crippen MR) is 83.2 cm³/mol. The van der Waals surface area contributed by atoms with Crippen molar-refractivity contribution >= 4 is 34.8 Å². The molecule has 0 aliphatic carbocycles. The van der Waals surface area contributed by atoms with Gasteiger partial charge in [0.2, 0.25) is 5.91 Å². The third kappa shape index (κ3) is 4.44. The molecule has 0 fully saturated rings. The number of nitrogens with one attached hydrogen (secondary N) is 2. The Morgan fingerprint density at radius 2 is 1.75 bits per heavy atom. The van der Waals surface area contributed by atoms with Gasteiger partial charge in [0, 0.05) is 12.2 Å². The van der Waals surface area contributed by atoms with E-state index in [4.69, 9.17) is 23.2 Å². The lowest BCUT2D eigenvalue weighted by molar-refractivity contribution is -0.119. The van der Waals surface area contributed by atoms with E-state index < -0.39 is 0 Å². The number of anilines is 1. The van der Waals surface area contributed by atoms with Crippen LogP contribution < -0.4 is 10.6 Å². The molecule has 2 rings (SSSR count). The van der Waals surface area contributed by atoms with E-state index in [0.717, 1.165) is 11.3 Å². The number of hydrogen-bond acceptors (Lipinski definition) is 2. The first-order valence-electron chi connectivity index (χ1n) is 6.15. The summed E-state index contributed by atoms with van der Waals surface area (Å²) < 4.78 is 0. The molecule has 3 nitrogen and oxygen atoms in total. The van der Waals surface area contributed by atoms with Crippen LogP contribution in [0, 0.1) is 0 Å². The highest BCUT2D eigenvalue weighted by molar-refractivity contribution is 6.42. The minimum atomic E-state index is -0.0834. The molecule has 2 aromatic rings. The van der Waals surface area contributed by atoms with Crippen molar-refractivity contribution in [2.24, 2.45) is 0 Å². The van der Waals surface area contributed by atoms with Gasteiger partial charge in [-0.15, -0.1) is 0 Å². The average molecular weight is 309 g/mol. The highest BCUT2D eigenvalue weighted by Crippen LogP contribution is 2.24. The molecule has 0 atom stereocenters. The maximum absolute atomic E-state index is 11.7. The molecule has 0 heterocycles. The van der Waals surface area contributed by atoms with Crippen molar-refractivity contribution in [3.63, 3.8) is 0 Å². The molecule has 0 aliphatic rings. The van der Waals surface area contributed by atoms with Crippen molar-refractivity contribution in [2.75, 3.05) is 11.9 Å². The zero-order chi connectivity index (χ0) is 14.4. The second-order valence-electron chi connectivity index (χ2n) is 4.24. The summed E-state index contributed by atoms with van der Waals surface area (Å²) in [5.74, 6) is -0.0834. The molecular formula is C15H14Cl2N2O. The van der Waals surface area contributed by atoms with Crippen LogP contribution in [0.25, 0.3) is 0 Å². The first kappa shape index (κ1) is 14.7. The van der Waals surface area contributed by atoms with Crippen molar-refractivity contribution in [2.45, 2.75) is 6.54 Å². The van der Waals surface area contributed by atoms with E-state index in [-0.39, 0.29) is 12.5 Å². The first-order valence-corrected chi connectivity index (χ1v) is 6.90. The topological polar surface area (TPSA) is 41.1 Å². The predicted octanol–water partition coefficient (Wildman–Crippen LogP) is 3.72. The third-order valence-corrected chi connectivity index (χ3v) is 3.44. The molecule has 0 radical (unpaired) electrons. The summed E-state index contributed by atoms with van der Waals surface area (Å²) in [6.45, 7) is 0.702. The molecule has 5 heteroatoms. The fraction of sp³-hybridized carbons (Fsp3) is 0.133. The molecule has 0 spiro atoms. The van der Waals surface area contributed by atoms with Crippen molar-refractivity contribution < 1.29 is 4.79 Å². The molecular weight excluding hydrogens is 295 g/mol. The monoisotopic (exact) mass is 308 g/mol. The van der Waals surface area contributed by atoms with Crippen LogP contribution >= 0.6 is 23.2 Å². The Morgan fingerprint density at radius 3 is 2.45 bits per heavy atom. The number of rotatable bonds is 5. The molecule has 0 unspecified atom stereocenters. The maximum atomic E-state index is 11.7. The highest BCUT2D eigenvalue weighted by atomic mass is 35.5. The number of hydrogen-bond donors (Lipinski definition) is 2. The molecule has 2 N–H and O–H groups in total. The van der Waals surface area contributed by atoms with Gasteiger partial charge in [-0.25, -0.2) is 0 Å². The van der Waals surface area contributed by atoms with Gasteiger partial charge in [-0.2, -0.15) is 0 Å². The van der Waals surface area contributed by atoms with Crippen molar-refractivity contribution in [1.29, 1.82) is 0 Å². The molecule has 0 bridgehead atoms. The third-order valence-electron chi connectivity index (χ3n) is 2.71. The molecule has 0 aromatic heterocycles. The van der Waals surface area contributed by atoms with Crippen LogP contribution in [0.3, 0.4) is 0 Å². The Bertz CT molecular complexity index is 588. The van der Waals surface area contributed by atoms with E-state index in [1.165, 1.54) is 0 Å². The van der Waals surface area contributed by atoms with Gasteiger partial charge in [0.05, 0.1) is 16.6 Å². The van der Waals surface area contributed by atoms with E-state index in [2.05, 4.69) is 10.6 Å². The molecule has 104 valence electrons. The largest absolute Gasteiger partial charge is 0.376 e. The molecule has 0 saturated heterocycles. The number of carbonyl (C=O) groups excluding carboxylic acids is 1. The molecule has 2 aromatic carbocycles. The maximum Gasteiger partial charge on any atom is 0.239 e. The lowest BCUT2D eigenvalue weighted by atomic mass is 10.2. The zero-order valence-corrected chi connectivity index (χ0v) is 12.2. The van der Waals surface area contributed by atoms with Gasteiger partial charge in [0.15, 0.2) is 0 Å². The summed E-state index contributed by atoms with van der Waals surface area (Å²) in [5, 5.41) is 6.78. The number of carbonyl (C=O) groups is 1. The normalized spacial score (nSPS) is 10.1. The van der Waals surface area contributed by atoms with Gasteiger partial charge in [0.25, 0.3) is 0 Å². The van der Waals surface area contributed by atoms with Crippen LogP contribution in [-0.4, -0.2) is 12.5 Å². The highest BCUT2D eigenvalue weighted by Gasteiger charge is 2.03. The molecule has 0 aliphatic heterocycles. The zero-order valence-electron chi connectivity index (χ0n) is 10.7. The minimum absolute atomic E-state index is 0.0834. The summed E-state index contributed by atoms with van der Waals surface area (Å²) in [6, 6.07) is 14.9. The Balaban J connectivity index is 1.79. The summed E-state index contributed by atoms with van der Waals surface area (Å²) >= 11 is 11.7. The van der Waals surface area contributed by atoms with Crippen molar-refractivity contribution in [3.05, 3.63) is 64.1 Å². The quantitative estimate of drug-likeness (QED) is 0.884. The van der Waals surface area contributed by atoms with Crippen molar-refractivity contribution in [3.8, 4) is 0 Å². The smallest absolute Gasteiger partial charge is 0.239 e. The van der Waals surface area contributed by atoms with Crippen LogP contribution in [0.15, 0.2) is 48.5 Å². The van der Waals surface area contributed by atoms with E-state index >= 15 is 0 Å². The van der Waals surface area contributed by atoms with Crippen molar-refractivity contribution in [1.82, 2.24) is 5.32 Å². The van der Waals surface area contributed by atoms with Gasteiger partial charge < -0.3 is 10.6 Å². The number of amides is 1. The number of halogens is 2. The van der Waals surface area contributed by atoms with E-state index in [0.29, 0.717) is 16.6 Å². The number of benzene rings is 2. The van der Waals surface area contributed by atoms with Crippen LogP contribution in [0.4, 0.5) is 5.69 Å². The van der Waals surface area contributed by atoms with E-state index in [9.17, 15) is 4.79 Å². The fourth-order valence-corrected chi connectivity index (χ4v) is 1.95. The van der Waals surface area contributed by atoms with E-state index in [1.807, 2.05) is 30.3 Å². The summed E-state index contributed by atoms with van der Waals surface area (Å²) in [4.78, 5) is 11.7. The SMILES string of the molecule is O=C(CNc1ccc(Cl)c(Cl)c1)NCc1ccccc1. The summed E-state index contributed by atoms with van der Waals surface area (Å²) in [7, 11) is 0. The van der Waals surface area contributed by atoms with Gasteiger partial charge in [-0.05, 0) is 23.8 Å². The average Bonchev–Trinajstić information content (AvgIpc) is 2.47. The van der Waals surface area contributed by atoms with Gasteiger partial charge >= 0.3 is 0 Å².